The van der Waals surface area contributed by atoms with Gasteiger partial charge in [0.2, 0.25) is 17.8 Å². The molecule has 4 N–H and O–H groups in total. The molecule has 2 heterocycles. The summed E-state index contributed by atoms with van der Waals surface area (Å²) in [7, 11) is -1.69. The zero-order chi connectivity index (χ0) is 17.9. The van der Waals surface area contributed by atoms with E-state index in [0.717, 1.165) is 12.4 Å². The van der Waals surface area contributed by atoms with Crippen LogP contribution >= 0.6 is 0 Å². The standard InChI is InChI=1S/C13H19BFN5O4/c1-7(11(21)19-8(2)14(23)24)18-12(22)10-3-4-20(10)13-16-5-9(15)6-17-13/h5-8,10,23-24H,3-4H2,1-2H3,(H,18,22)(H,19,21)/t7-,8?,10-/m0/s1. The van der Waals surface area contributed by atoms with Gasteiger partial charge in [0.15, 0.2) is 5.82 Å². The molecule has 0 bridgehead atoms. The summed E-state index contributed by atoms with van der Waals surface area (Å²) in [6.07, 6.45) is 2.60. The zero-order valence-electron chi connectivity index (χ0n) is 13.3. The highest BCUT2D eigenvalue weighted by Crippen LogP contribution is 2.22. The highest BCUT2D eigenvalue weighted by Gasteiger charge is 2.37. The van der Waals surface area contributed by atoms with Crippen molar-refractivity contribution >= 4 is 24.9 Å². The van der Waals surface area contributed by atoms with Gasteiger partial charge in [-0.05, 0) is 20.3 Å². The summed E-state index contributed by atoms with van der Waals surface area (Å²) in [5.74, 6) is -2.09. The summed E-state index contributed by atoms with van der Waals surface area (Å²) in [6.45, 7) is 3.47. The van der Waals surface area contributed by atoms with E-state index in [1.807, 2.05) is 0 Å². The van der Waals surface area contributed by atoms with Gasteiger partial charge in [0.25, 0.3) is 0 Å². The molecule has 11 heteroatoms. The Morgan fingerprint density at radius 1 is 1.33 bits per heavy atom. The van der Waals surface area contributed by atoms with Gasteiger partial charge < -0.3 is 25.6 Å². The second-order valence-electron chi connectivity index (χ2n) is 5.64. The molecule has 1 aliphatic rings. The van der Waals surface area contributed by atoms with E-state index in [1.54, 1.807) is 4.90 Å². The lowest BCUT2D eigenvalue weighted by molar-refractivity contribution is -0.130. The number of hydrogen-bond acceptors (Lipinski definition) is 7. The Balaban J connectivity index is 1.90. The molecule has 1 aliphatic heterocycles. The van der Waals surface area contributed by atoms with Gasteiger partial charge in [0, 0.05) is 6.54 Å². The van der Waals surface area contributed by atoms with Gasteiger partial charge in [0.1, 0.15) is 12.1 Å². The Kier molecular flexibility index (Phi) is 5.68. The molecule has 0 spiro atoms. The largest absolute Gasteiger partial charge is 0.475 e. The summed E-state index contributed by atoms with van der Waals surface area (Å²) in [6, 6.07) is -1.39. The van der Waals surface area contributed by atoms with Crippen molar-refractivity contribution < 1.29 is 24.0 Å². The summed E-state index contributed by atoms with van der Waals surface area (Å²) in [5.41, 5.74) is 0. The van der Waals surface area contributed by atoms with Crippen LogP contribution in [0.15, 0.2) is 12.4 Å². The summed E-state index contributed by atoms with van der Waals surface area (Å²) in [4.78, 5) is 33.4. The number of carbonyl (C=O) groups excluding carboxylic acids is 2. The van der Waals surface area contributed by atoms with Gasteiger partial charge in [0.05, 0.1) is 18.3 Å². The van der Waals surface area contributed by atoms with Crippen LogP contribution in [0, 0.1) is 5.82 Å². The van der Waals surface area contributed by atoms with Crippen LogP contribution in [0.5, 0.6) is 0 Å². The Morgan fingerprint density at radius 3 is 2.46 bits per heavy atom. The van der Waals surface area contributed by atoms with E-state index < -0.39 is 36.9 Å². The monoisotopic (exact) mass is 339 g/mol. The number of hydrogen-bond donors (Lipinski definition) is 4. The summed E-state index contributed by atoms with van der Waals surface area (Å²) < 4.78 is 12.8. The highest BCUT2D eigenvalue weighted by atomic mass is 19.1. The molecule has 0 radical (unpaired) electrons. The molecule has 130 valence electrons. The fraction of sp³-hybridized carbons (Fsp3) is 0.538. The van der Waals surface area contributed by atoms with Crippen molar-refractivity contribution in [3.05, 3.63) is 18.2 Å². The minimum atomic E-state index is -1.69. The molecule has 0 aromatic carbocycles. The Labute approximate surface area is 138 Å². The van der Waals surface area contributed by atoms with E-state index in [-0.39, 0.29) is 11.9 Å². The van der Waals surface area contributed by atoms with Crippen molar-refractivity contribution in [1.29, 1.82) is 0 Å². The van der Waals surface area contributed by atoms with Crippen LogP contribution in [0.25, 0.3) is 0 Å². The third-order valence-corrected chi connectivity index (χ3v) is 3.76. The molecule has 1 aromatic heterocycles. The maximum atomic E-state index is 12.8. The molecule has 0 aliphatic carbocycles. The van der Waals surface area contributed by atoms with Gasteiger partial charge in [-0.2, -0.15) is 0 Å². The van der Waals surface area contributed by atoms with Crippen molar-refractivity contribution in [1.82, 2.24) is 20.6 Å². The van der Waals surface area contributed by atoms with Crippen molar-refractivity contribution in [2.24, 2.45) is 0 Å². The first-order chi connectivity index (χ1) is 11.3. The first kappa shape index (κ1) is 18.1. The van der Waals surface area contributed by atoms with Crippen molar-refractivity contribution in [2.75, 3.05) is 11.4 Å². The molecule has 0 saturated carbocycles. The molecule has 1 unspecified atom stereocenters. The zero-order valence-corrected chi connectivity index (χ0v) is 13.3. The molecule has 24 heavy (non-hydrogen) atoms. The molecule has 2 amide bonds. The van der Waals surface area contributed by atoms with Crippen LogP contribution in [0.2, 0.25) is 0 Å². The number of carbonyl (C=O) groups is 2. The molecule has 2 rings (SSSR count). The quantitative estimate of drug-likeness (QED) is 0.451. The number of halogens is 1. The van der Waals surface area contributed by atoms with Gasteiger partial charge in [-0.1, -0.05) is 0 Å². The lowest BCUT2D eigenvalue weighted by Gasteiger charge is -2.40. The number of anilines is 1. The number of aromatic nitrogens is 2. The fourth-order valence-corrected chi connectivity index (χ4v) is 2.15. The lowest BCUT2D eigenvalue weighted by atomic mass is 9.81. The topological polar surface area (TPSA) is 128 Å². The van der Waals surface area contributed by atoms with Crippen LogP contribution in [0.3, 0.4) is 0 Å². The molecule has 9 nitrogen and oxygen atoms in total. The van der Waals surface area contributed by atoms with E-state index in [4.69, 9.17) is 10.0 Å². The van der Waals surface area contributed by atoms with Gasteiger partial charge in [-0.3, -0.25) is 9.59 Å². The van der Waals surface area contributed by atoms with E-state index >= 15 is 0 Å². The highest BCUT2D eigenvalue weighted by molar-refractivity contribution is 6.43. The molecular weight excluding hydrogens is 320 g/mol. The van der Waals surface area contributed by atoms with Crippen LogP contribution in [0.1, 0.15) is 20.3 Å². The van der Waals surface area contributed by atoms with Gasteiger partial charge in [-0.15, -0.1) is 0 Å². The third kappa shape index (κ3) is 4.17. The van der Waals surface area contributed by atoms with E-state index in [0.29, 0.717) is 13.0 Å². The van der Waals surface area contributed by atoms with Crippen molar-refractivity contribution in [3.8, 4) is 0 Å². The molecule has 3 atom stereocenters. The minimum absolute atomic E-state index is 0.247. The van der Waals surface area contributed by atoms with Gasteiger partial charge in [-0.25, -0.2) is 14.4 Å². The molecule has 1 saturated heterocycles. The predicted octanol–water partition coefficient (Wildman–Crippen LogP) is -1.78. The van der Waals surface area contributed by atoms with Crippen LogP contribution < -0.4 is 15.5 Å². The fourth-order valence-electron chi connectivity index (χ4n) is 2.15. The normalized spacial score (nSPS) is 19.0. The molecular formula is C13H19BFN5O4. The average Bonchev–Trinajstić information content (AvgIpc) is 2.47. The minimum Gasteiger partial charge on any atom is -0.426 e. The third-order valence-electron chi connectivity index (χ3n) is 3.76. The Morgan fingerprint density at radius 2 is 1.96 bits per heavy atom. The van der Waals surface area contributed by atoms with Crippen LogP contribution in [-0.4, -0.2) is 63.5 Å². The first-order valence-corrected chi connectivity index (χ1v) is 7.50. The Bertz CT molecular complexity index is 603. The number of nitrogens with zero attached hydrogens (tertiary/aromatic N) is 3. The van der Waals surface area contributed by atoms with Crippen LogP contribution in [0.4, 0.5) is 10.3 Å². The average molecular weight is 339 g/mol. The lowest BCUT2D eigenvalue weighted by Crippen LogP contribution is -2.60. The SMILES string of the molecule is CC(NC(=O)[C@H](C)NC(=O)[C@@H]1CCN1c1ncc(F)cn1)B(O)O. The predicted molar refractivity (Wildman–Crippen MR) is 83.1 cm³/mol. The van der Waals surface area contributed by atoms with E-state index in [1.165, 1.54) is 13.8 Å². The smallest absolute Gasteiger partial charge is 0.426 e. The second kappa shape index (κ2) is 7.54. The Hall–Kier alpha value is -2.27. The molecule has 1 aromatic rings. The van der Waals surface area contributed by atoms with E-state index in [2.05, 4.69) is 20.6 Å². The maximum Gasteiger partial charge on any atom is 0.475 e. The maximum absolute atomic E-state index is 12.8. The number of amides is 2. The number of nitrogens with one attached hydrogen (secondary N) is 2. The van der Waals surface area contributed by atoms with Crippen LogP contribution in [-0.2, 0) is 9.59 Å². The molecule has 1 fully saturated rings. The summed E-state index contributed by atoms with van der Waals surface area (Å²) in [5, 5.41) is 22.8. The van der Waals surface area contributed by atoms with Crippen molar-refractivity contribution in [2.45, 2.75) is 38.3 Å². The first-order valence-electron chi connectivity index (χ1n) is 7.50. The second-order valence-corrected chi connectivity index (χ2v) is 5.64. The number of rotatable bonds is 6. The van der Waals surface area contributed by atoms with Crippen molar-refractivity contribution in [3.63, 3.8) is 0 Å². The summed E-state index contributed by atoms with van der Waals surface area (Å²) >= 11 is 0. The van der Waals surface area contributed by atoms with Gasteiger partial charge >= 0.3 is 7.12 Å². The van der Waals surface area contributed by atoms with E-state index in [9.17, 15) is 14.0 Å².